The van der Waals surface area contributed by atoms with Gasteiger partial charge >= 0.3 is 0 Å². The van der Waals surface area contributed by atoms with Gasteiger partial charge in [-0.1, -0.05) is 37.5 Å². The molecule has 1 aliphatic heterocycles. The molecule has 35 heavy (non-hydrogen) atoms. The normalized spacial score (nSPS) is 18.3. The van der Waals surface area contributed by atoms with Crippen molar-refractivity contribution in [2.45, 2.75) is 57.5 Å². The van der Waals surface area contributed by atoms with Gasteiger partial charge < -0.3 is 24.6 Å². The lowest BCUT2D eigenvalue weighted by atomic mass is 9.89. The van der Waals surface area contributed by atoms with Crippen LogP contribution < -0.4 is 15.6 Å². The van der Waals surface area contributed by atoms with Crippen LogP contribution in [0.25, 0.3) is 21.0 Å². The Kier molecular flexibility index (Phi) is 7.41. The Bertz CT molecular complexity index is 1250. The molecule has 8 heteroatoms. The standard InChI is InChI=1S/C27H35N3O4S/c1-34-23-22-24(35-25(23)26(32)28-19-11-13-29(14-12-19)15-16-31)20-9-5-6-10-21(20)30(27(22)33)17-18-7-3-2-4-8-18/h5-6,9-10,18-19,31H,2-4,7-8,11-17H2,1H3,(H,28,32). The topological polar surface area (TPSA) is 83.8 Å². The van der Waals surface area contributed by atoms with Gasteiger partial charge in [0.25, 0.3) is 11.5 Å². The predicted octanol–water partition coefficient (Wildman–Crippen LogP) is 3.99. The van der Waals surface area contributed by atoms with E-state index in [1.807, 2.05) is 28.8 Å². The Morgan fingerprint density at radius 1 is 1.14 bits per heavy atom. The monoisotopic (exact) mass is 497 g/mol. The van der Waals surface area contributed by atoms with Crippen LogP contribution in [0.5, 0.6) is 5.75 Å². The molecule has 1 saturated heterocycles. The Balaban J connectivity index is 1.50. The lowest BCUT2D eigenvalue weighted by molar-refractivity contribution is 0.0904. The number of piperidine rings is 1. The van der Waals surface area contributed by atoms with Gasteiger partial charge in [-0.2, -0.15) is 0 Å². The third kappa shape index (κ3) is 4.84. The number of thiophene rings is 1. The molecule has 1 saturated carbocycles. The lowest BCUT2D eigenvalue weighted by Crippen LogP contribution is -2.45. The Labute approximate surface area is 209 Å². The summed E-state index contributed by atoms with van der Waals surface area (Å²) in [5.74, 6) is 0.728. The fourth-order valence-corrected chi connectivity index (χ4v) is 6.99. The van der Waals surface area contributed by atoms with E-state index in [0.717, 1.165) is 54.4 Å². The number of aliphatic hydroxyl groups excluding tert-OH is 1. The van der Waals surface area contributed by atoms with Crippen LogP contribution in [0.2, 0.25) is 0 Å². The first-order valence-corrected chi connectivity index (χ1v) is 13.7. The highest BCUT2D eigenvalue weighted by molar-refractivity contribution is 7.22. The summed E-state index contributed by atoms with van der Waals surface area (Å²) in [7, 11) is 1.55. The average molecular weight is 498 g/mol. The zero-order valence-electron chi connectivity index (χ0n) is 20.4. The SMILES string of the molecule is COc1c(C(=O)NC2CCN(CCO)CC2)sc2c1c(=O)n(CC1CCCCC1)c1ccccc21. The fourth-order valence-electron chi connectivity index (χ4n) is 5.79. The van der Waals surface area contributed by atoms with Crippen molar-refractivity contribution >= 4 is 38.2 Å². The molecule has 2 fully saturated rings. The van der Waals surface area contributed by atoms with Gasteiger partial charge in [-0.15, -0.1) is 11.3 Å². The van der Waals surface area contributed by atoms with Crippen LogP contribution in [0.15, 0.2) is 29.1 Å². The molecular weight excluding hydrogens is 462 g/mol. The lowest BCUT2D eigenvalue weighted by Gasteiger charge is -2.31. The maximum atomic E-state index is 13.9. The number of likely N-dealkylation sites (tertiary alicyclic amines) is 1. The van der Waals surface area contributed by atoms with Gasteiger partial charge in [0.15, 0.2) is 5.75 Å². The highest BCUT2D eigenvalue weighted by atomic mass is 32.1. The number of nitrogens with one attached hydrogen (secondary N) is 1. The van der Waals surface area contributed by atoms with Gasteiger partial charge in [-0.25, -0.2) is 0 Å². The Morgan fingerprint density at radius 3 is 2.60 bits per heavy atom. The number of pyridine rings is 1. The zero-order chi connectivity index (χ0) is 24.4. The minimum Gasteiger partial charge on any atom is -0.494 e. The first-order valence-electron chi connectivity index (χ1n) is 12.9. The predicted molar refractivity (Wildman–Crippen MR) is 141 cm³/mol. The number of fused-ring (bicyclic) bond motifs is 3. The number of benzene rings is 1. The molecule has 2 N–H and O–H groups in total. The molecule has 188 valence electrons. The highest BCUT2D eigenvalue weighted by Gasteiger charge is 2.28. The number of amides is 1. The number of carbonyl (C=O) groups is 1. The summed E-state index contributed by atoms with van der Waals surface area (Å²) in [6.45, 7) is 3.24. The van der Waals surface area contributed by atoms with Crippen LogP contribution in [0.4, 0.5) is 0 Å². The zero-order valence-corrected chi connectivity index (χ0v) is 21.2. The molecule has 5 rings (SSSR count). The number of hydrogen-bond donors (Lipinski definition) is 2. The van der Waals surface area contributed by atoms with Crippen molar-refractivity contribution < 1.29 is 14.6 Å². The number of methoxy groups -OCH3 is 1. The minimum absolute atomic E-state index is 0.0614. The summed E-state index contributed by atoms with van der Waals surface area (Å²) >= 11 is 1.36. The van der Waals surface area contributed by atoms with E-state index in [0.29, 0.717) is 35.0 Å². The van der Waals surface area contributed by atoms with Crippen molar-refractivity contribution in [3.63, 3.8) is 0 Å². The van der Waals surface area contributed by atoms with Gasteiger partial charge in [0.05, 0.1) is 23.9 Å². The Morgan fingerprint density at radius 2 is 1.89 bits per heavy atom. The van der Waals surface area contributed by atoms with E-state index >= 15 is 0 Å². The van der Waals surface area contributed by atoms with E-state index in [2.05, 4.69) is 10.2 Å². The van der Waals surface area contributed by atoms with E-state index < -0.39 is 0 Å². The highest BCUT2D eigenvalue weighted by Crippen LogP contribution is 2.40. The number of aromatic nitrogens is 1. The van der Waals surface area contributed by atoms with E-state index in [9.17, 15) is 9.59 Å². The molecular formula is C27H35N3O4S. The average Bonchev–Trinajstić information content (AvgIpc) is 3.29. The number of ether oxygens (including phenoxy) is 1. The summed E-state index contributed by atoms with van der Waals surface area (Å²) in [5.41, 5.74) is 0.872. The van der Waals surface area contributed by atoms with Crippen molar-refractivity contribution in [1.29, 1.82) is 0 Å². The first-order chi connectivity index (χ1) is 17.1. The fraction of sp³-hybridized carbons (Fsp3) is 0.556. The molecule has 1 aromatic carbocycles. The second kappa shape index (κ2) is 10.7. The van der Waals surface area contributed by atoms with Crippen molar-refractivity contribution in [3.05, 3.63) is 39.5 Å². The van der Waals surface area contributed by atoms with E-state index in [1.165, 1.54) is 30.6 Å². The van der Waals surface area contributed by atoms with E-state index in [1.54, 1.807) is 7.11 Å². The number of hydrogen-bond acceptors (Lipinski definition) is 6. The quantitative estimate of drug-likeness (QED) is 0.516. The molecule has 2 aromatic heterocycles. The Hall–Kier alpha value is -2.42. The third-order valence-corrected chi connectivity index (χ3v) is 8.88. The molecule has 3 aromatic rings. The van der Waals surface area contributed by atoms with Crippen LogP contribution in [0.1, 0.15) is 54.6 Å². The molecule has 0 unspecified atom stereocenters. The molecule has 0 spiro atoms. The molecule has 0 radical (unpaired) electrons. The summed E-state index contributed by atoms with van der Waals surface area (Å²) in [4.78, 5) is 29.9. The maximum Gasteiger partial charge on any atom is 0.265 e. The molecule has 7 nitrogen and oxygen atoms in total. The first kappa shape index (κ1) is 24.3. The summed E-state index contributed by atoms with van der Waals surface area (Å²) in [6, 6.07) is 8.11. The molecule has 3 heterocycles. The van der Waals surface area contributed by atoms with Gasteiger partial charge in [0.1, 0.15) is 10.3 Å². The second-order valence-corrected chi connectivity index (χ2v) is 10.9. The smallest absolute Gasteiger partial charge is 0.265 e. The number of para-hydroxylation sites is 1. The molecule has 0 bridgehead atoms. The van der Waals surface area contributed by atoms with Gasteiger partial charge in [-0.3, -0.25) is 9.59 Å². The maximum absolute atomic E-state index is 13.9. The number of nitrogens with zero attached hydrogens (tertiary/aromatic N) is 2. The minimum atomic E-state index is -0.175. The van der Waals surface area contributed by atoms with Gasteiger partial charge in [0, 0.05) is 37.6 Å². The van der Waals surface area contributed by atoms with Crippen LogP contribution in [-0.4, -0.2) is 59.9 Å². The van der Waals surface area contributed by atoms with Crippen molar-refractivity contribution in [3.8, 4) is 5.75 Å². The molecule has 0 atom stereocenters. The van der Waals surface area contributed by atoms with Crippen LogP contribution >= 0.6 is 11.3 Å². The summed E-state index contributed by atoms with van der Waals surface area (Å²) in [6.07, 6.45) is 7.73. The van der Waals surface area contributed by atoms with Crippen molar-refractivity contribution in [1.82, 2.24) is 14.8 Å². The molecule has 1 amide bonds. The van der Waals surface area contributed by atoms with Crippen molar-refractivity contribution in [2.24, 2.45) is 5.92 Å². The van der Waals surface area contributed by atoms with E-state index in [-0.39, 0.29) is 24.1 Å². The van der Waals surface area contributed by atoms with Gasteiger partial charge in [-0.05, 0) is 37.7 Å². The van der Waals surface area contributed by atoms with Crippen molar-refractivity contribution in [2.75, 3.05) is 33.4 Å². The van der Waals surface area contributed by atoms with E-state index in [4.69, 9.17) is 9.84 Å². The molecule has 1 aliphatic carbocycles. The number of aliphatic hydroxyl groups is 1. The number of rotatable bonds is 7. The summed E-state index contributed by atoms with van der Waals surface area (Å²) in [5, 5.41) is 13.9. The van der Waals surface area contributed by atoms with Crippen LogP contribution in [0.3, 0.4) is 0 Å². The summed E-state index contributed by atoms with van der Waals surface area (Å²) < 4.78 is 8.48. The van der Waals surface area contributed by atoms with Crippen LogP contribution in [-0.2, 0) is 6.54 Å². The third-order valence-electron chi connectivity index (χ3n) is 7.68. The second-order valence-electron chi connectivity index (χ2n) is 9.92. The molecule has 2 aliphatic rings. The van der Waals surface area contributed by atoms with Crippen LogP contribution in [0, 0.1) is 5.92 Å². The number of carbonyl (C=O) groups excluding carboxylic acids is 1. The van der Waals surface area contributed by atoms with Gasteiger partial charge in [0.2, 0.25) is 0 Å². The number of β-amino-alcohol motifs (C(OH)–C–C–N with tert-alkyl or cyclic N) is 1. The largest absolute Gasteiger partial charge is 0.494 e.